The molecule has 1 aromatic carbocycles. The molecule has 1 saturated carbocycles. The zero-order valence-corrected chi connectivity index (χ0v) is 9.24. The zero-order valence-electron chi connectivity index (χ0n) is 9.24. The average Bonchev–Trinajstić information content (AvgIpc) is 2.75. The molecule has 0 radical (unpaired) electrons. The molecule has 15 heavy (non-hydrogen) atoms. The highest BCUT2D eigenvalue weighted by molar-refractivity contribution is 5.35. The molecule has 2 nitrogen and oxygen atoms in total. The molecule has 2 N–H and O–H groups in total. The summed E-state index contributed by atoms with van der Waals surface area (Å²) in [5.41, 5.74) is 1.05. The fourth-order valence-corrected chi connectivity index (χ4v) is 2.69. The van der Waals surface area contributed by atoms with Gasteiger partial charge in [0.05, 0.1) is 0 Å². The van der Waals surface area contributed by atoms with Gasteiger partial charge in [0, 0.05) is 11.6 Å². The third-order valence-electron chi connectivity index (χ3n) is 3.45. The molecule has 1 atom stereocenters. The Morgan fingerprint density at radius 1 is 1.27 bits per heavy atom. The Morgan fingerprint density at radius 3 is 2.53 bits per heavy atom. The average molecular weight is 205 g/mol. The van der Waals surface area contributed by atoms with E-state index in [4.69, 9.17) is 0 Å². The summed E-state index contributed by atoms with van der Waals surface area (Å²) < 4.78 is 0. The molecule has 0 saturated heterocycles. The zero-order chi connectivity index (χ0) is 10.7. The maximum absolute atomic E-state index is 9.83. The van der Waals surface area contributed by atoms with E-state index in [0.717, 1.165) is 5.56 Å². The number of hydrogen-bond donors (Lipinski definition) is 2. The number of phenolic OH excluding ortho intramolecular Hbond substituents is 1. The molecular weight excluding hydrogens is 186 g/mol. The van der Waals surface area contributed by atoms with Crippen LogP contribution in [0.3, 0.4) is 0 Å². The second kappa shape index (κ2) is 4.67. The molecule has 0 heterocycles. The highest BCUT2D eigenvalue weighted by atomic mass is 16.3. The van der Waals surface area contributed by atoms with Crippen LogP contribution in [0.15, 0.2) is 24.3 Å². The first kappa shape index (κ1) is 10.5. The van der Waals surface area contributed by atoms with Crippen LogP contribution < -0.4 is 5.32 Å². The van der Waals surface area contributed by atoms with Crippen molar-refractivity contribution < 1.29 is 5.11 Å². The van der Waals surface area contributed by atoms with Crippen LogP contribution in [0.25, 0.3) is 0 Å². The van der Waals surface area contributed by atoms with E-state index in [9.17, 15) is 5.11 Å². The van der Waals surface area contributed by atoms with Crippen LogP contribution in [0, 0.1) is 5.92 Å². The lowest BCUT2D eigenvalue weighted by Gasteiger charge is -2.24. The van der Waals surface area contributed by atoms with E-state index < -0.39 is 0 Å². The van der Waals surface area contributed by atoms with E-state index in [1.807, 2.05) is 25.2 Å². The summed E-state index contributed by atoms with van der Waals surface area (Å²) >= 11 is 0. The van der Waals surface area contributed by atoms with E-state index in [1.54, 1.807) is 6.07 Å². The lowest BCUT2D eigenvalue weighted by atomic mass is 9.91. The molecule has 0 aromatic heterocycles. The minimum absolute atomic E-state index is 0.314. The largest absolute Gasteiger partial charge is 0.508 e. The number of para-hydroxylation sites is 1. The van der Waals surface area contributed by atoms with E-state index in [0.29, 0.717) is 17.7 Å². The van der Waals surface area contributed by atoms with Crippen molar-refractivity contribution in [3.63, 3.8) is 0 Å². The van der Waals surface area contributed by atoms with Gasteiger partial charge in [-0.15, -0.1) is 0 Å². The molecule has 2 heteroatoms. The van der Waals surface area contributed by atoms with Crippen LogP contribution >= 0.6 is 0 Å². The Labute approximate surface area is 91.3 Å². The summed E-state index contributed by atoms with van der Waals surface area (Å²) in [5.74, 6) is 1.10. The first-order chi connectivity index (χ1) is 7.33. The predicted molar refractivity (Wildman–Crippen MR) is 61.9 cm³/mol. The van der Waals surface area contributed by atoms with E-state index >= 15 is 0 Å². The van der Waals surface area contributed by atoms with Gasteiger partial charge in [0.1, 0.15) is 5.75 Å². The molecular formula is C13H19NO. The van der Waals surface area contributed by atoms with E-state index in [1.165, 1.54) is 25.7 Å². The first-order valence-electron chi connectivity index (χ1n) is 5.78. The van der Waals surface area contributed by atoms with Crippen molar-refractivity contribution in [3.05, 3.63) is 29.8 Å². The Balaban J connectivity index is 2.22. The fraction of sp³-hybridized carbons (Fsp3) is 0.538. The summed E-state index contributed by atoms with van der Waals surface area (Å²) in [5, 5.41) is 13.2. The van der Waals surface area contributed by atoms with Crippen LogP contribution in [-0.4, -0.2) is 12.2 Å². The lowest BCUT2D eigenvalue weighted by molar-refractivity contribution is 0.371. The highest BCUT2D eigenvalue weighted by Crippen LogP contribution is 2.38. The minimum Gasteiger partial charge on any atom is -0.508 e. The second-order valence-corrected chi connectivity index (χ2v) is 4.37. The Kier molecular flexibility index (Phi) is 3.27. The fourth-order valence-electron chi connectivity index (χ4n) is 2.69. The van der Waals surface area contributed by atoms with Gasteiger partial charge in [0.25, 0.3) is 0 Å². The molecule has 1 aliphatic rings. The van der Waals surface area contributed by atoms with Gasteiger partial charge in [-0.25, -0.2) is 0 Å². The molecule has 82 valence electrons. The van der Waals surface area contributed by atoms with E-state index in [2.05, 4.69) is 5.32 Å². The molecule has 0 aliphatic heterocycles. The van der Waals surface area contributed by atoms with Crippen LogP contribution in [0.1, 0.15) is 37.3 Å². The quantitative estimate of drug-likeness (QED) is 0.795. The van der Waals surface area contributed by atoms with Gasteiger partial charge in [-0.05, 0) is 31.9 Å². The molecule has 2 rings (SSSR count). The number of hydrogen-bond acceptors (Lipinski definition) is 2. The maximum Gasteiger partial charge on any atom is 0.120 e. The molecule has 1 unspecified atom stereocenters. The second-order valence-electron chi connectivity index (χ2n) is 4.37. The topological polar surface area (TPSA) is 32.3 Å². The molecule has 0 amide bonds. The van der Waals surface area contributed by atoms with Crippen molar-refractivity contribution in [1.82, 2.24) is 5.32 Å². The number of nitrogens with one attached hydrogen (secondary N) is 1. The summed E-state index contributed by atoms with van der Waals surface area (Å²) in [6.07, 6.45) is 5.21. The monoisotopic (exact) mass is 205 g/mol. The van der Waals surface area contributed by atoms with Crippen molar-refractivity contribution in [2.45, 2.75) is 31.7 Å². The Hall–Kier alpha value is -1.02. The van der Waals surface area contributed by atoms with Crippen LogP contribution in [0.5, 0.6) is 5.75 Å². The number of aromatic hydroxyl groups is 1. The van der Waals surface area contributed by atoms with Gasteiger partial charge in [0.2, 0.25) is 0 Å². The van der Waals surface area contributed by atoms with Crippen LogP contribution in [0.2, 0.25) is 0 Å². The molecule has 1 aliphatic carbocycles. The van der Waals surface area contributed by atoms with Crippen molar-refractivity contribution >= 4 is 0 Å². The van der Waals surface area contributed by atoms with Crippen LogP contribution in [0.4, 0.5) is 0 Å². The van der Waals surface area contributed by atoms with Crippen molar-refractivity contribution in [3.8, 4) is 5.75 Å². The summed E-state index contributed by atoms with van der Waals surface area (Å²) in [7, 11) is 1.98. The van der Waals surface area contributed by atoms with Gasteiger partial charge in [-0.3, -0.25) is 0 Å². The van der Waals surface area contributed by atoms with Crippen molar-refractivity contribution in [1.29, 1.82) is 0 Å². The third-order valence-corrected chi connectivity index (χ3v) is 3.45. The highest BCUT2D eigenvalue weighted by Gasteiger charge is 2.26. The van der Waals surface area contributed by atoms with Crippen molar-refractivity contribution in [2.24, 2.45) is 5.92 Å². The van der Waals surface area contributed by atoms with Crippen LogP contribution in [-0.2, 0) is 0 Å². The molecule has 0 spiro atoms. The normalized spacial score (nSPS) is 19.3. The minimum atomic E-state index is 0.314. The van der Waals surface area contributed by atoms with Gasteiger partial charge >= 0.3 is 0 Å². The summed E-state index contributed by atoms with van der Waals surface area (Å²) in [6.45, 7) is 0. The van der Waals surface area contributed by atoms with E-state index in [-0.39, 0.29) is 0 Å². The first-order valence-corrected chi connectivity index (χ1v) is 5.78. The number of benzene rings is 1. The molecule has 1 aromatic rings. The summed E-state index contributed by atoms with van der Waals surface area (Å²) in [6, 6.07) is 7.98. The predicted octanol–water partition coefficient (Wildman–Crippen LogP) is 2.84. The number of phenols is 1. The maximum atomic E-state index is 9.83. The molecule has 0 bridgehead atoms. The summed E-state index contributed by atoms with van der Waals surface area (Å²) in [4.78, 5) is 0. The Bertz CT molecular complexity index is 318. The third kappa shape index (κ3) is 2.15. The van der Waals surface area contributed by atoms with Gasteiger partial charge in [-0.1, -0.05) is 31.0 Å². The lowest BCUT2D eigenvalue weighted by Crippen LogP contribution is -2.23. The van der Waals surface area contributed by atoms with Gasteiger partial charge in [-0.2, -0.15) is 0 Å². The SMILES string of the molecule is CNC(c1ccccc1O)C1CCCC1. The number of rotatable bonds is 3. The molecule has 1 fully saturated rings. The van der Waals surface area contributed by atoms with Crippen molar-refractivity contribution in [2.75, 3.05) is 7.05 Å². The van der Waals surface area contributed by atoms with Gasteiger partial charge < -0.3 is 10.4 Å². The Morgan fingerprint density at radius 2 is 1.93 bits per heavy atom. The smallest absolute Gasteiger partial charge is 0.120 e. The van der Waals surface area contributed by atoms with Gasteiger partial charge in [0.15, 0.2) is 0 Å². The standard InChI is InChI=1S/C13H19NO/c1-14-13(10-6-2-3-7-10)11-8-4-5-9-12(11)15/h4-5,8-10,13-15H,2-3,6-7H2,1H3.